The van der Waals surface area contributed by atoms with Crippen LogP contribution in [0.4, 0.5) is 5.69 Å². The molecule has 108 valence electrons. The molecule has 0 spiro atoms. The molecule has 0 aliphatic carbocycles. The molecular formula is C17H11NO3S. The third-order valence-electron chi connectivity index (χ3n) is 3.19. The number of allylic oxidation sites excluding steroid dienone is 1. The van der Waals surface area contributed by atoms with Crippen LogP contribution < -0.4 is 0 Å². The predicted octanol–water partition coefficient (Wildman–Crippen LogP) is 4.71. The fourth-order valence-corrected chi connectivity index (χ4v) is 3.05. The van der Waals surface area contributed by atoms with Crippen molar-refractivity contribution in [2.24, 2.45) is 0 Å². The maximum atomic E-state index is 12.0. The van der Waals surface area contributed by atoms with Crippen molar-refractivity contribution in [2.45, 2.75) is 0 Å². The first kappa shape index (κ1) is 14.2. The third kappa shape index (κ3) is 2.94. The molecule has 0 amide bonds. The van der Waals surface area contributed by atoms with Crippen LogP contribution in [0.25, 0.3) is 16.2 Å². The van der Waals surface area contributed by atoms with Crippen molar-refractivity contribution in [3.63, 3.8) is 0 Å². The Labute approximate surface area is 130 Å². The first-order valence-corrected chi connectivity index (χ1v) is 7.40. The molecule has 3 aromatic rings. The summed E-state index contributed by atoms with van der Waals surface area (Å²) in [6, 6.07) is 15.6. The highest BCUT2D eigenvalue weighted by Gasteiger charge is 2.08. The normalized spacial score (nSPS) is 11.1. The second-order valence-corrected chi connectivity index (χ2v) is 5.81. The van der Waals surface area contributed by atoms with Gasteiger partial charge in [0, 0.05) is 27.3 Å². The maximum Gasteiger partial charge on any atom is 0.270 e. The van der Waals surface area contributed by atoms with Crippen molar-refractivity contribution in [3.8, 4) is 0 Å². The highest BCUT2D eigenvalue weighted by Crippen LogP contribution is 2.29. The maximum absolute atomic E-state index is 12.0. The predicted molar refractivity (Wildman–Crippen MR) is 88.3 cm³/mol. The molecule has 4 nitrogen and oxygen atoms in total. The van der Waals surface area contributed by atoms with Gasteiger partial charge in [-0.2, -0.15) is 0 Å². The molecule has 0 unspecified atom stereocenters. The summed E-state index contributed by atoms with van der Waals surface area (Å²) in [5, 5.41) is 11.6. The van der Waals surface area contributed by atoms with Gasteiger partial charge in [-0.05, 0) is 29.7 Å². The molecule has 2 aromatic carbocycles. The average molecular weight is 309 g/mol. The highest BCUT2D eigenvalue weighted by atomic mass is 32.1. The number of nitro benzene ring substituents is 1. The van der Waals surface area contributed by atoms with Crippen LogP contribution in [0.5, 0.6) is 0 Å². The van der Waals surface area contributed by atoms with E-state index < -0.39 is 4.92 Å². The summed E-state index contributed by atoms with van der Waals surface area (Å²) in [5.74, 6) is -0.0657. The summed E-state index contributed by atoms with van der Waals surface area (Å²) in [5.41, 5.74) is 0.705. The molecule has 0 saturated heterocycles. The third-order valence-corrected chi connectivity index (χ3v) is 4.27. The van der Waals surface area contributed by atoms with E-state index in [-0.39, 0.29) is 11.5 Å². The number of hydrogen-bond donors (Lipinski definition) is 0. The average Bonchev–Trinajstić information content (AvgIpc) is 2.95. The lowest BCUT2D eigenvalue weighted by atomic mass is 10.1. The van der Waals surface area contributed by atoms with Gasteiger partial charge in [0.05, 0.1) is 4.92 Å². The van der Waals surface area contributed by atoms with Crippen LogP contribution in [0.1, 0.15) is 15.2 Å². The number of benzene rings is 2. The summed E-state index contributed by atoms with van der Waals surface area (Å²) in [7, 11) is 0. The van der Waals surface area contributed by atoms with Gasteiger partial charge in [-0.1, -0.05) is 30.3 Å². The van der Waals surface area contributed by atoms with Gasteiger partial charge in [-0.15, -0.1) is 11.3 Å². The first-order chi connectivity index (χ1) is 10.6. The van der Waals surface area contributed by atoms with Crippen LogP contribution in [-0.4, -0.2) is 10.7 Å². The molecular weight excluding hydrogens is 298 g/mol. The number of carbonyl (C=O) groups is 1. The summed E-state index contributed by atoms with van der Waals surface area (Å²) in [4.78, 5) is 23.3. The van der Waals surface area contributed by atoms with Crippen molar-refractivity contribution in [1.29, 1.82) is 0 Å². The first-order valence-electron chi connectivity index (χ1n) is 6.59. The van der Waals surface area contributed by atoms with Crippen LogP contribution in [0.3, 0.4) is 0 Å². The smallest absolute Gasteiger partial charge is 0.270 e. The number of thiophene rings is 1. The summed E-state index contributed by atoms with van der Waals surface area (Å²) in [6.45, 7) is 0. The van der Waals surface area contributed by atoms with Gasteiger partial charge in [0.25, 0.3) is 5.69 Å². The molecule has 1 aromatic heterocycles. The number of hydrogen-bond acceptors (Lipinski definition) is 4. The summed E-state index contributed by atoms with van der Waals surface area (Å²) in [6.07, 6.45) is 3.26. The molecule has 22 heavy (non-hydrogen) atoms. The zero-order valence-electron chi connectivity index (χ0n) is 11.4. The minimum Gasteiger partial charge on any atom is -0.289 e. The minimum absolute atomic E-state index is 0.0657. The molecule has 0 aliphatic rings. The molecule has 0 N–H and O–H groups in total. The Morgan fingerprint density at radius 2 is 1.86 bits per heavy atom. The second kappa shape index (κ2) is 5.91. The molecule has 0 fully saturated rings. The fraction of sp³-hybridized carbons (Fsp3) is 0. The minimum atomic E-state index is -0.411. The van der Waals surface area contributed by atoms with E-state index in [0.29, 0.717) is 5.56 Å². The Balaban J connectivity index is 1.86. The number of rotatable bonds is 4. The van der Waals surface area contributed by atoms with E-state index in [1.54, 1.807) is 30.3 Å². The topological polar surface area (TPSA) is 60.2 Å². The molecule has 0 atom stereocenters. The molecule has 1 heterocycles. The van der Waals surface area contributed by atoms with E-state index in [1.165, 1.54) is 23.5 Å². The molecule has 3 rings (SSSR count). The van der Waals surface area contributed by atoms with Crippen LogP contribution in [0.15, 0.2) is 60.7 Å². The molecule has 5 heteroatoms. The SMILES string of the molecule is O=C(/C=C\c1cc2cc([N+](=O)[O-])ccc2s1)c1ccccc1. The van der Waals surface area contributed by atoms with Crippen LogP contribution in [-0.2, 0) is 0 Å². The van der Waals surface area contributed by atoms with Crippen LogP contribution in [0, 0.1) is 10.1 Å². The van der Waals surface area contributed by atoms with Gasteiger partial charge in [-0.3, -0.25) is 14.9 Å². The lowest BCUT2D eigenvalue weighted by Crippen LogP contribution is -1.92. The standard InChI is InChI=1S/C17H11NO3S/c19-16(12-4-2-1-3-5-12)8-7-15-11-13-10-14(18(20)21)6-9-17(13)22-15/h1-11H/b8-7-. The quantitative estimate of drug-likeness (QED) is 0.303. The van der Waals surface area contributed by atoms with Gasteiger partial charge < -0.3 is 0 Å². The molecule has 0 saturated carbocycles. The number of nitro groups is 1. The number of nitrogens with zero attached hydrogens (tertiary/aromatic N) is 1. The summed E-state index contributed by atoms with van der Waals surface area (Å²) < 4.78 is 0.956. The fourth-order valence-electron chi connectivity index (χ4n) is 2.10. The van der Waals surface area contributed by atoms with Gasteiger partial charge in [0.1, 0.15) is 0 Å². The lowest BCUT2D eigenvalue weighted by Gasteiger charge is -1.92. The van der Waals surface area contributed by atoms with E-state index >= 15 is 0 Å². The second-order valence-electron chi connectivity index (χ2n) is 4.69. The van der Waals surface area contributed by atoms with E-state index in [4.69, 9.17) is 0 Å². The zero-order chi connectivity index (χ0) is 15.5. The van der Waals surface area contributed by atoms with Crippen molar-refractivity contribution in [2.75, 3.05) is 0 Å². The van der Waals surface area contributed by atoms with Crippen molar-refractivity contribution in [1.82, 2.24) is 0 Å². The molecule has 0 radical (unpaired) electrons. The Morgan fingerprint density at radius 1 is 1.09 bits per heavy atom. The number of fused-ring (bicyclic) bond motifs is 1. The zero-order valence-corrected chi connectivity index (χ0v) is 12.2. The lowest BCUT2D eigenvalue weighted by molar-refractivity contribution is -0.384. The van der Waals surface area contributed by atoms with E-state index in [0.717, 1.165) is 15.0 Å². The Bertz CT molecular complexity index is 881. The summed E-state index contributed by atoms with van der Waals surface area (Å²) >= 11 is 1.49. The number of non-ortho nitro benzene ring substituents is 1. The molecule has 0 aliphatic heterocycles. The number of ketones is 1. The van der Waals surface area contributed by atoms with E-state index in [2.05, 4.69) is 0 Å². The van der Waals surface area contributed by atoms with E-state index in [1.807, 2.05) is 24.3 Å². The Hall–Kier alpha value is -2.79. The van der Waals surface area contributed by atoms with E-state index in [9.17, 15) is 14.9 Å². The molecule has 0 bridgehead atoms. The van der Waals surface area contributed by atoms with Gasteiger partial charge in [0.15, 0.2) is 5.78 Å². The monoisotopic (exact) mass is 309 g/mol. The van der Waals surface area contributed by atoms with Crippen LogP contribution in [0.2, 0.25) is 0 Å². The van der Waals surface area contributed by atoms with Crippen molar-refractivity contribution < 1.29 is 9.72 Å². The number of carbonyl (C=O) groups excluding carboxylic acids is 1. The van der Waals surface area contributed by atoms with Gasteiger partial charge >= 0.3 is 0 Å². The highest BCUT2D eigenvalue weighted by molar-refractivity contribution is 7.19. The van der Waals surface area contributed by atoms with Gasteiger partial charge in [-0.25, -0.2) is 0 Å². The van der Waals surface area contributed by atoms with Crippen molar-refractivity contribution in [3.05, 3.63) is 81.2 Å². The Kier molecular flexibility index (Phi) is 3.80. The van der Waals surface area contributed by atoms with Crippen LogP contribution >= 0.6 is 11.3 Å². The largest absolute Gasteiger partial charge is 0.289 e. The van der Waals surface area contributed by atoms with Crippen molar-refractivity contribution >= 4 is 39.0 Å². The van der Waals surface area contributed by atoms with Gasteiger partial charge in [0.2, 0.25) is 0 Å². The Morgan fingerprint density at radius 3 is 2.59 bits per heavy atom.